The van der Waals surface area contributed by atoms with Crippen molar-refractivity contribution in [2.45, 2.75) is 52.6 Å². The molecule has 4 heteroatoms. The smallest absolute Gasteiger partial charge is 0.155 e. The summed E-state index contributed by atoms with van der Waals surface area (Å²) in [6.45, 7) is 6.81. The van der Waals surface area contributed by atoms with Crippen LogP contribution >= 0.6 is 0 Å². The van der Waals surface area contributed by atoms with Gasteiger partial charge in [0.15, 0.2) is 5.78 Å². The molecule has 90 valence electrons. The van der Waals surface area contributed by atoms with E-state index in [1.807, 2.05) is 24.6 Å². The molecule has 0 amide bonds. The lowest BCUT2D eigenvalue weighted by molar-refractivity contribution is -0.119. The molecule has 0 aliphatic rings. The van der Waals surface area contributed by atoms with Gasteiger partial charge in [-0.15, -0.1) is 0 Å². The highest BCUT2D eigenvalue weighted by Crippen LogP contribution is 2.08. The topological polar surface area (TPSA) is 60.9 Å². The normalized spacial score (nSPS) is 12.8. The number of ketones is 1. The van der Waals surface area contributed by atoms with E-state index in [4.69, 9.17) is 5.73 Å². The fourth-order valence-electron chi connectivity index (χ4n) is 1.64. The van der Waals surface area contributed by atoms with E-state index >= 15 is 0 Å². The van der Waals surface area contributed by atoms with Gasteiger partial charge in [0.25, 0.3) is 0 Å². The van der Waals surface area contributed by atoms with Gasteiger partial charge in [0.1, 0.15) is 0 Å². The fraction of sp³-hybridized carbons (Fsp3) is 0.667. The Morgan fingerprint density at radius 2 is 2.19 bits per heavy atom. The lowest BCUT2D eigenvalue weighted by Gasteiger charge is -2.08. The van der Waals surface area contributed by atoms with Crippen LogP contribution in [0.3, 0.4) is 0 Å². The molecular weight excluding hydrogens is 202 g/mol. The zero-order chi connectivity index (χ0) is 12.1. The van der Waals surface area contributed by atoms with Crippen LogP contribution in [0.2, 0.25) is 0 Å². The molecule has 0 bridgehead atoms. The molecular formula is C12H21N3O. The van der Waals surface area contributed by atoms with Crippen molar-refractivity contribution >= 4 is 5.78 Å². The molecule has 2 N–H and O–H groups in total. The molecule has 16 heavy (non-hydrogen) atoms. The van der Waals surface area contributed by atoms with E-state index in [0.717, 1.165) is 24.4 Å². The van der Waals surface area contributed by atoms with Gasteiger partial charge in [-0.05, 0) is 25.8 Å². The predicted molar refractivity (Wildman–Crippen MR) is 64.3 cm³/mol. The van der Waals surface area contributed by atoms with Crippen molar-refractivity contribution in [3.05, 3.63) is 17.5 Å². The van der Waals surface area contributed by atoms with Crippen LogP contribution in [-0.2, 0) is 24.2 Å². The summed E-state index contributed by atoms with van der Waals surface area (Å²) in [5.74, 6) is 0.0970. The second kappa shape index (κ2) is 5.80. The van der Waals surface area contributed by atoms with E-state index in [1.165, 1.54) is 0 Å². The van der Waals surface area contributed by atoms with Crippen molar-refractivity contribution in [2.75, 3.05) is 0 Å². The van der Waals surface area contributed by atoms with Crippen LogP contribution in [0, 0.1) is 0 Å². The van der Waals surface area contributed by atoms with Crippen molar-refractivity contribution in [3.8, 4) is 0 Å². The van der Waals surface area contributed by atoms with Crippen LogP contribution in [0.1, 0.15) is 38.6 Å². The summed E-state index contributed by atoms with van der Waals surface area (Å²) in [6.07, 6.45) is 1.99. The molecule has 0 saturated carbocycles. The Bertz CT molecular complexity index is 357. The molecule has 1 unspecified atom stereocenters. The van der Waals surface area contributed by atoms with Crippen LogP contribution in [0.4, 0.5) is 0 Å². The molecule has 0 spiro atoms. The molecule has 1 atom stereocenters. The van der Waals surface area contributed by atoms with Gasteiger partial charge in [-0.3, -0.25) is 9.48 Å². The van der Waals surface area contributed by atoms with Gasteiger partial charge in [0.2, 0.25) is 0 Å². The standard InChI is InChI=1S/C12H21N3O/c1-4-9-7-10(15(6-3)14-9)8-12(16)11(13)5-2/h7,11H,4-6,8,13H2,1-3H3. The number of nitrogens with two attached hydrogens (primary N) is 1. The third-order valence-corrected chi connectivity index (χ3v) is 2.78. The van der Waals surface area contributed by atoms with E-state index in [0.29, 0.717) is 12.8 Å². The maximum absolute atomic E-state index is 11.7. The number of rotatable bonds is 6. The zero-order valence-electron chi connectivity index (χ0n) is 10.4. The third kappa shape index (κ3) is 2.92. The summed E-state index contributed by atoms with van der Waals surface area (Å²) in [5.41, 5.74) is 7.73. The minimum atomic E-state index is -0.342. The first kappa shape index (κ1) is 12.9. The summed E-state index contributed by atoms with van der Waals surface area (Å²) < 4.78 is 1.89. The molecule has 0 saturated heterocycles. The Balaban J connectivity index is 2.79. The Morgan fingerprint density at radius 1 is 1.50 bits per heavy atom. The van der Waals surface area contributed by atoms with Gasteiger partial charge in [-0.25, -0.2) is 0 Å². The summed E-state index contributed by atoms with van der Waals surface area (Å²) in [4.78, 5) is 11.7. The van der Waals surface area contributed by atoms with Gasteiger partial charge in [0, 0.05) is 12.2 Å². The number of Topliss-reactive ketones (excluding diaryl/α,β-unsaturated/α-hetero) is 1. The van der Waals surface area contributed by atoms with E-state index < -0.39 is 0 Å². The Morgan fingerprint density at radius 3 is 2.69 bits per heavy atom. The number of nitrogens with zero attached hydrogens (tertiary/aromatic N) is 2. The van der Waals surface area contributed by atoms with Crippen molar-refractivity contribution < 1.29 is 4.79 Å². The summed E-state index contributed by atoms with van der Waals surface area (Å²) in [5, 5.41) is 4.41. The van der Waals surface area contributed by atoms with Crippen LogP contribution < -0.4 is 5.73 Å². The molecule has 0 aliphatic heterocycles. The van der Waals surface area contributed by atoms with Gasteiger partial charge in [-0.2, -0.15) is 5.10 Å². The number of aryl methyl sites for hydroxylation is 2. The number of aromatic nitrogens is 2. The molecule has 0 fully saturated rings. The van der Waals surface area contributed by atoms with Crippen molar-refractivity contribution in [1.82, 2.24) is 9.78 Å². The molecule has 0 aromatic carbocycles. The minimum Gasteiger partial charge on any atom is -0.322 e. The maximum atomic E-state index is 11.7. The first-order chi connectivity index (χ1) is 7.62. The monoisotopic (exact) mass is 223 g/mol. The first-order valence-corrected chi connectivity index (χ1v) is 5.96. The summed E-state index contributed by atoms with van der Waals surface area (Å²) in [7, 11) is 0. The van der Waals surface area contributed by atoms with Crippen molar-refractivity contribution in [2.24, 2.45) is 5.73 Å². The number of carbonyl (C=O) groups is 1. The quantitative estimate of drug-likeness (QED) is 0.791. The minimum absolute atomic E-state index is 0.0970. The summed E-state index contributed by atoms with van der Waals surface area (Å²) >= 11 is 0. The number of carbonyl (C=O) groups excluding carboxylic acids is 1. The molecule has 1 rings (SSSR count). The SMILES string of the molecule is CCc1cc(CC(=O)C(N)CC)n(CC)n1. The highest BCUT2D eigenvalue weighted by molar-refractivity contribution is 5.85. The lowest BCUT2D eigenvalue weighted by Crippen LogP contribution is -2.31. The average Bonchev–Trinajstić information content (AvgIpc) is 2.70. The molecule has 0 radical (unpaired) electrons. The lowest BCUT2D eigenvalue weighted by atomic mass is 10.1. The van der Waals surface area contributed by atoms with Crippen molar-refractivity contribution in [3.63, 3.8) is 0 Å². The van der Waals surface area contributed by atoms with Gasteiger partial charge >= 0.3 is 0 Å². The average molecular weight is 223 g/mol. The Hall–Kier alpha value is -1.16. The molecule has 0 aliphatic carbocycles. The highest BCUT2D eigenvalue weighted by Gasteiger charge is 2.15. The van der Waals surface area contributed by atoms with Crippen molar-refractivity contribution in [1.29, 1.82) is 0 Å². The van der Waals surface area contributed by atoms with E-state index in [2.05, 4.69) is 12.0 Å². The molecule has 1 heterocycles. The van der Waals surface area contributed by atoms with Gasteiger partial charge < -0.3 is 5.73 Å². The zero-order valence-corrected chi connectivity index (χ0v) is 10.4. The third-order valence-electron chi connectivity index (χ3n) is 2.78. The summed E-state index contributed by atoms with van der Waals surface area (Å²) in [6, 6.07) is 1.66. The van der Waals surface area contributed by atoms with E-state index in [1.54, 1.807) is 0 Å². The van der Waals surface area contributed by atoms with E-state index in [-0.39, 0.29) is 11.8 Å². The predicted octanol–water partition coefficient (Wildman–Crippen LogP) is 1.31. The largest absolute Gasteiger partial charge is 0.322 e. The fourth-order valence-corrected chi connectivity index (χ4v) is 1.64. The number of hydrogen-bond donors (Lipinski definition) is 1. The maximum Gasteiger partial charge on any atom is 0.155 e. The van der Waals surface area contributed by atoms with Crippen LogP contribution in [0.15, 0.2) is 6.07 Å². The first-order valence-electron chi connectivity index (χ1n) is 5.96. The number of hydrogen-bond acceptors (Lipinski definition) is 3. The van der Waals surface area contributed by atoms with Crippen LogP contribution in [0.25, 0.3) is 0 Å². The van der Waals surface area contributed by atoms with Gasteiger partial charge in [0.05, 0.1) is 18.2 Å². The second-order valence-electron chi connectivity index (χ2n) is 3.95. The Kier molecular flexibility index (Phi) is 4.68. The van der Waals surface area contributed by atoms with E-state index in [9.17, 15) is 4.79 Å². The Labute approximate surface area is 96.8 Å². The van der Waals surface area contributed by atoms with Crippen LogP contribution in [0.5, 0.6) is 0 Å². The second-order valence-corrected chi connectivity index (χ2v) is 3.95. The molecule has 1 aromatic rings. The highest BCUT2D eigenvalue weighted by atomic mass is 16.1. The molecule has 4 nitrogen and oxygen atoms in total. The van der Waals surface area contributed by atoms with Gasteiger partial charge in [-0.1, -0.05) is 13.8 Å². The molecule has 1 aromatic heterocycles. The van der Waals surface area contributed by atoms with Crippen LogP contribution in [-0.4, -0.2) is 21.6 Å².